The van der Waals surface area contributed by atoms with Crippen LogP contribution in [0.2, 0.25) is 0 Å². The molecule has 1 aromatic rings. The van der Waals surface area contributed by atoms with Crippen LogP contribution in [0.3, 0.4) is 0 Å². The van der Waals surface area contributed by atoms with E-state index in [2.05, 4.69) is 0 Å². The molecular weight excluding hydrogens is 327 g/mol. The number of hydrogen-bond acceptors (Lipinski definition) is 3. The van der Waals surface area contributed by atoms with Gasteiger partial charge in [-0.05, 0) is 30.5 Å². The minimum atomic E-state index is -4.44. The number of alkyl halides is 3. The number of nitrogens with zero attached hydrogens (tertiary/aromatic N) is 1. The number of amides is 1. The monoisotopic (exact) mass is 345 g/mol. The average molecular weight is 345 g/mol. The highest BCUT2D eigenvalue weighted by Crippen LogP contribution is 2.29. The summed E-state index contributed by atoms with van der Waals surface area (Å²) in [5, 5.41) is 8.99. The Morgan fingerprint density at radius 1 is 1.25 bits per heavy atom. The van der Waals surface area contributed by atoms with Crippen molar-refractivity contribution in [2.45, 2.75) is 25.6 Å². The molecule has 2 rings (SSSR count). The molecule has 1 aliphatic heterocycles. The molecule has 1 atom stereocenters. The number of carbonyl (C=O) groups excluding carboxylic acids is 1. The van der Waals surface area contributed by atoms with Gasteiger partial charge in [0.2, 0.25) is 5.91 Å². The number of carbonyl (C=O) groups is 2. The molecule has 0 spiro atoms. The summed E-state index contributed by atoms with van der Waals surface area (Å²) >= 11 is 0. The molecule has 1 amide bonds. The SMILES string of the molecule is O=C(O)CN(Cc1ccc(C(F)(F)F)cc1)C(=O)C1CCCOC1. The first-order valence-electron chi connectivity index (χ1n) is 7.52. The van der Waals surface area contributed by atoms with Gasteiger partial charge in [-0.3, -0.25) is 9.59 Å². The van der Waals surface area contributed by atoms with Crippen LogP contribution >= 0.6 is 0 Å². The molecule has 1 saturated heterocycles. The van der Waals surface area contributed by atoms with Crippen LogP contribution < -0.4 is 0 Å². The molecule has 0 bridgehead atoms. The highest BCUT2D eigenvalue weighted by atomic mass is 19.4. The molecular formula is C16H18F3NO4. The Hall–Kier alpha value is -2.09. The van der Waals surface area contributed by atoms with E-state index in [1.807, 2.05) is 0 Å². The number of hydrogen-bond donors (Lipinski definition) is 1. The van der Waals surface area contributed by atoms with Gasteiger partial charge in [-0.15, -0.1) is 0 Å². The Bertz CT molecular complexity index is 580. The molecule has 8 heteroatoms. The van der Waals surface area contributed by atoms with E-state index in [0.29, 0.717) is 18.6 Å². The fourth-order valence-electron chi connectivity index (χ4n) is 2.59. The molecule has 1 fully saturated rings. The number of aliphatic carboxylic acids is 1. The van der Waals surface area contributed by atoms with E-state index < -0.39 is 30.2 Å². The predicted octanol–water partition coefficient (Wildman–Crippen LogP) is 2.55. The Kier molecular flexibility index (Phi) is 5.82. The van der Waals surface area contributed by atoms with Crippen LogP contribution in [0.25, 0.3) is 0 Å². The first-order chi connectivity index (χ1) is 11.3. The number of carboxylic acids is 1. The third kappa shape index (κ3) is 4.95. The maximum atomic E-state index is 12.6. The number of rotatable bonds is 5. The second-order valence-corrected chi connectivity index (χ2v) is 5.70. The largest absolute Gasteiger partial charge is 0.480 e. The highest BCUT2D eigenvalue weighted by molar-refractivity contribution is 5.83. The molecule has 0 saturated carbocycles. The van der Waals surface area contributed by atoms with Crippen molar-refractivity contribution in [3.63, 3.8) is 0 Å². The molecule has 132 valence electrons. The fraction of sp³-hybridized carbons (Fsp3) is 0.500. The minimum Gasteiger partial charge on any atom is -0.480 e. The van der Waals surface area contributed by atoms with Crippen LogP contribution in [0.5, 0.6) is 0 Å². The van der Waals surface area contributed by atoms with E-state index in [0.717, 1.165) is 23.5 Å². The van der Waals surface area contributed by atoms with Crippen molar-refractivity contribution < 1.29 is 32.6 Å². The van der Waals surface area contributed by atoms with Crippen molar-refractivity contribution in [3.05, 3.63) is 35.4 Å². The summed E-state index contributed by atoms with van der Waals surface area (Å²) in [7, 11) is 0. The third-order valence-corrected chi connectivity index (χ3v) is 3.80. The van der Waals surface area contributed by atoms with Crippen molar-refractivity contribution in [1.82, 2.24) is 4.90 Å². The summed E-state index contributed by atoms with van der Waals surface area (Å²) in [6, 6.07) is 4.34. The summed E-state index contributed by atoms with van der Waals surface area (Å²) in [5.41, 5.74) is -0.350. The van der Waals surface area contributed by atoms with Gasteiger partial charge < -0.3 is 14.7 Å². The molecule has 1 aliphatic rings. The lowest BCUT2D eigenvalue weighted by Crippen LogP contribution is -2.41. The average Bonchev–Trinajstić information content (AvgIpc) is 2.53. The van der Waals surface area contributed by atoms with Crippen molar-refractivity contribution in [2.24, 2.45) is 5.92 Å². The van der Waals surface area contributed by atoms with E-state index in [1.54, 1.807) is 0 Å². The summed E-state index contributed by atoms with van der Waals surface area (Å²) < 4.78 is 42.9. The van der Waals surface area contributed by atoms with E-state index in [1.165, 1.54) is 12.1 Å². The molecule has 24 heavy (non-hydrogen) atoms. The topological polar surface area (TPSA) is 66.8 Å². The molecule has 1 heterocycles. The summed E-state index contributed by atoms with van der Waals surface area (Å²) in [5.74, 6) is -1.93. The fourth-order valence-corrected chi connectivity index (χ4v) is 2.59. The molecule has 0 aliphatic carbocycles. The Balaban J connectivity index is 2.10. The quantitative estimate of drug-likeness (QED) is 0.891. The van der Waals surface area contributed by atoms with E-state index in [4.69, 9.17) is 9.84 Å². The first-order valence-corrected chi connectivity index (χ1v) is 7.52. The highest BCUT2D eigenvalue weighted by Gasteiger charge is 2.31. The minimum absolute atomic E-state index is 0.0558. The van der Waals surface area contributed by atoms with Gasteiger partial charge in [0.25, 0.3) is 0 Å². The zero-order valence-electron chi connectivity index (χ0n) is 12.9. The Morgan fingerprint density at radius 3 is 2.42 bits per heavy atom. The molecule has 1 unspecified atom stereocenters. The molecule has 5 nitrogen and oxygen atoms in total. The van der Waals surface area contributed by atoms with Gasteiger partial charge in [0.15, 0.2) is 0 Å². The summed E-state index contributed by atoms with van der Waals surface area (Å²) in [6.07, 6.45) is -3.10. The van der Waals surface area contributed by atoms with E-state index in [-0.39, 0.29) is 19.1 Å². The molecule has 1 N–H and O–H groups in total. The van der Waals surface area contributed by atoms with Gasteiger partial charge >= 0.3 is 12.1 Å². The van der Waals surface area contributed by atoms with Crippen LogP contribution in [0.1, 0.15) is 24.0 Å². The van der Waals surface area contributed by atoms with Gasteiger partial charge in [0.05, 0.1) is 18.1 Å². The van der Waals surface area contributed by atoms with Crippen LogP contribution in [0.4, 0.5) is 13.2 Å². The second-order valence-electron chi connectivity index (χ2n) is 5.70. The first kappa shape index (κ1) is 18.3. The number of benzene rings is 1. The number of carboxylic acid groups (broad SMARTS) is 1. The number of ether oxygens (including phenoxy) is 1. The van der Waals surface area contributed by atoms with Crippen molar-refractivity contribution in [1.29, 1.82) is 0 Å². The van der Waals surface area contributed by atoms with E-state index >= 15 is 0 Å². The maximum Gasteiger partial charge on any atom is 0.416 e. The third-order valence-electron chi connectivity index (χ3n) is 3.80. The van der Waals surface area contributed by atoms with Gasteiger partial charge in [-0.25, -0.2) is 0 Å². The lowest BCUT2D eigenvalue weighted by Gasteiger charge is -2.28. The zero-order chi connectivity index (χ0) is 17.7. The predicted molar refractivity (Wildman–Crippen MR) is 78.0 cm³/mol. The van der Waals surface area contributed by atoms with E-state index in [9.17, 15) is 22.8 Å². The van der Waals surface area contributed by atoms with Crippen molar-refractivity contribution >= 4 is 11.9 Å². The maximum absolute atomic E-state index is 12.6. The van der Waals surface area contributed by atoms with Crippen molar-refractivity contribution in [2.75, 3.05) is 19.8 Å². The van der Waals surface area contributed by atoms with Crippen LogP contribution in [0.15, 0.2) is 24.3 Å². The number of halogens is 3. The Morgan fingerprint density at radius 2 is 1.92 bits per heavy atom. The van der Waals surface area contributed by atoms with Gasteiger partial charge in [-0.1, -0.05) is 12.1 Å². The summed E-state index contributed by atoms with van der Waals surface area (Å²) in [4.78, 5) is 24.6. The van der Waals surface area contributed by atoms with Gasteiger partial charge in [0, 0.05) is 13.2 Å². The summed E-state index contributed by atoms with van der Waals surface area (Å²) in [6.45, 7) is 0.250. The van der Waals surface area contributed by atoms with Gasteiger partial charge in [-0.2, -0.15) is 13.2 Å². The smallest absolute Gasteiger partial charge is 0.416 e. The molecule has 0 aromatic heterocycles. The molecule has 1 aromatic carbocycles. The normalized spacial score (nSPS) is 18.2. The Labute approximate surface area is 137 Å². The van der Waals surface area contributed by atoms with Gasteiger partial charge in [0.1, 0.15) is 6.54 Å². The lowest BCUT2D eigenvalue weighted by molar-refractivity contribution is -0.149. The molecule has 0 radical (unpaired) electrons. The second kappa shape index (κ2) is 7.65. The standard InChI is InChI=1S/C16H18F3NO4/c17-16(18,19)13-5-3-11(4-6-13)8-20(9-14(21)22)15(23)12-2-1-7-24-10-12/h3-6,12H,1-2,7-10H2,(H,21,22). The van der Waals surface area contributed by atoms with Crippen LogP contribution in [-0.2, 0) is 27.0 Å². The van der Waals surface area contributed by atoms with Crippen LogP contribution in [0, 0.1) is 5.92 Å². The zero-order valence-corrected chi connectivity index (χ0v) is 12.9. The van der Waals surface area contributed by atoms with Crippen LogP contribution in [-0.4, -0.2) is 41.6 Å². The van der Waals surface area contributed by atoms with Crippen molar-refractivity contribution in [3.8, 4) is 0 Å². The lowest BCUT2D eigenvalue weighted by atomic mass is 10.00.